The Labute approximate surface area is 104 Å². The van der Waals surface area contributed by atoms with E-state index in [9.17, 15) is 0 Å². The molecule has 2 rings (SSSR count). The molecule has 2 aromatic rings. The number of rotatable bonds is 2. The molecule has 0 aliphatic rings. The van der Waals surface area contributed by atoms with Gasteiger partial charge in [-0.3, -0.25) is 0 Å². The van der Waals surface area contributed by atoms with Gasteiger partial charge >= 0.3 is 0 Å². The van der Waals surface area contributed by atoms with Gasteiger partial charge in [0.2, 0.25) is 0 Å². The number of ether oxygens (including phenoxy) is 1. The molecule has 0 aliphatic carbocycles. The van der Waals surface area contributed by atoms with Gasteiger partial charge in [0.1, 0.15) is 12.1 Å². The van der Waals surface area contributed by atoms with Crippen molar-refractivity contribution in [2.45, 2.75) is 6.92 Å². The third-order valence-electron chi connectivity index (χ3n) is 2.51. The van der Waals surface area contributed by atoms with Crippen molar-refractivity contribution >= 4 is 17.3 Å². The van der Waals surface area contributed by atoms with E-state index in [0.717, 1.165) is 11.3 Å². The number of hydrogen-bond acceptors (Lipinski definition) is 4. The molecule has 0 unspecified atom stereocenters. The van der Waals surface area contributed by atoms with Crippen molar-refractivity contribution < 1.29 is 4.74 Å². The largest absolute Gasteiger partial charge is 0.495 e. The number of methoxy groups -OCH3 is 1. The van der Waals surface area contributed by atoms with Crippen LogP contribution in [0, 0.1) is 6.92 Å². The van der Waals surface area contributed by atoms with E-state index in [1.807, 2.05) is 13.0 Å². The minimum atomic E-state index is 0.528. The molecule has 0 amide bonds. The maximum absolute atomic E-state index is 6.06. The summed E-state index contributed by atoms with van der Waals surface area (Å²) in [6.07, 6.45) is 1.49. The molecule has 1 aromatic carbocycles. The molecular weight excluding hydrogens is 238 g/mol. The quantitative estimate of drug-likeness (QED) is 0.889. The third-order valence-corrected chi connectivity index (χ3v) is 2.80. The van der Waals surface area contributed by atoms with Gasteiger partial charge in [0.15, 0.2) is 0 Å². The normalized spacial score (nSPS) is 10.3. The van der Waals surface area contributed by atoms with E-state index in [-0.39, 0.29) is 0 Å². The average molecular weight is 250 g/mol. The Hall–Kier alpha value is -1.81. The topological polar surface area (TPSA) is 61.0 Å². The SMILES string of the molecule is COc1ccc(-c2ncnc(C)c2N)cc1Cl. The van der Waals surface area contributed by atoms with Crippen molar-refractivity contribution in [1.82, 2.24) is 9.97 Å². The number of anilines is 1. The molecule has 0 aliphatic heterocycles. The molecule has 0 atom stereocenters. The molecule has 0 radical (unpaired) electrons. The number of aryl methyl sites for hydroxylation is 1. The van der Waals surface area contributed by atoms with Crippen LogP contribution in [-0.4, -0.2) is 17.1 Å². The molecular formula is C12H12ClN3O. The first-order valence-corrected chi connectivity index (χ1v) is 5.42. The molecule has 1 heterocycles. The van der Waals surface area contributed by atoms with Gasteiger partial charge in [-0.15, -0.1) is 0 Å². The lowest BCUT2D eigenvalue weighted by Crippen LogP contribution is -1.99. The van der Waals surface area contributed by atoms with Crippen molar-refractivity contribution in [2.75, 3.05) is 12.8 Å². The Bertz CT molecular complexity index is 557. The van der Waals surface area contributed by atoms with Crippen LogP contribution in [0.1, 0.15) is 5.69 Å². The van der Waals surface area contributed by atoms with Gasteiger partial charge in [-0.2, -0.15) is 0 Å². The fourth-order valence-electron chi connectivity index (χ4n) is 1.53. The predicted octanol–water partition coefficient (Wildman–Crippen LogP) is 2.70. The van der Waals surface area contributed by atoms with Crippen LogP contribution in [0.25, 0.3) is 11.3 Å². The van der Waals surface area contributed by atoms with E-state index in [0.29, 0.717) is 22.2 Å². The van der Waals surface area contributed by atoms with Crippen LogP contribution in [0.2, 0.25) is 5.02 Å². The minimum absolute atomic E-state index is 0.528. The second-order valence-electron chi connectivity index (χ2n) is 3.57. The van der Waals surface area contributed by atoms with Crippen LogP contribution in [0.3, 0.4) is 0 Å². The molecule has 0 saturated carbocycles. The molecule has 0 fully saturated rings. The minimum Gasteiger partial charge on any atom is -0.495 e. The van der Waals surface area contributed by atoms with E-state index in [1.165, 1.54) is 6.33 Å². The molecule has 0 spiro atoms. The van der Waals surface area contributed by atoms with Gasteiger partial charge in [0.05, 0.1) is 29.2 Å². The highest BCUT2D eigenvalue weighted by atomic mass is 35.5. The Morgan fingerprint density at radius 1 is 1.29 bits per heavy atom. The van der Waals surface area contributed by atoms with Crippen molar-refractivity contribution in [3.8, 4) is 17.0 Å². The molecule has 5 heteroatoms. The summed E-state index contributed by atoms with van der Waals surface area (Å²) in [5.74, 6) is 0.625. The summed E-state index contributed by atoms with van der Waals surface area (Å²) in [4.78, 5) is 8.20. The molecule has 1 aromatic heterocycles. The zero-order valence-electron chi connectivity index (χ0n) is 9.57. The second-order valence-corrected chi connectivity index (χ2v) is 3.98. The van der Waals surface area contributed by atoms with Crippen molar-refractivity contribution in [1.29, 1.82) is 0 Å². The number of nitrogen functional groups attached to an aromatic ring is 1. The number of nitrogens with zero attached hydrogens (tertiary/aromatic N) is 2. The first kappa shape index (κ1) is 11.7. The zero-order chi connectivity index (χ0) is 12.4. The Morgan fingerprint density at radius 2 is 2.06 bits per heavy atom. The highest BCUT2D eigenvalue weighted by Crippen LogP contribution is 2.31. The monoisotopic (exact) mass is 249 g/mol. The van der Waals surface area contributed by atoms with Crippen molar-refractivity contribution in [3.05, 3.63) is 35.2 Å². The van der Waals surface area contributed by atoms with Crippen LogP contribution < -0.4 is 10.5 Å². The fourth-order valence-corrected chi connectivity index (χ4v) is 1.79. The van der Waals surface area contributed by atoms with Gasteiger partial charge in [0, 0.05) is 5.56 Å². The van der Waals surface area contributed by atoms with Crippen LogP contribution >= 0.6 is 11.6 Å². The highest BCUT2D eigenvalue weighted by Gasteiger charge is 2.09. The summed E-state index contributed by atoms with van der Waals surface area (Å²) >= 11 is 6.06. The van der Waals surface area contributed by atoms with E-state index in [4.69, 9.17) is 22.1 Å². The summed E-state index contributed by atoms with van der Waals surface area (Å²) in [6.45, 7) is 1.84. The first-order chi connectivity index (χ1) is 8.13. The summed E-state index contributed by atoms with van der Waals surface area (Å²) < 4.78 is 5.09. The summed E-state index contributed by atoms with van der Waals surface area (Å²) in [5, 5.41) is 0.528. The van der Waals surface area contributed by atoms with Crippen LogP contribution in [-0.2, 0) is 0 Å². The number of hydrogen-bond donors (Lipinski definition) is 1. The molecule has 88 valence electrons. The summed E-state index contributed by atoms with van der Waals surface area (Å²) in [7, 11) is 1.57. The lowest BCUT2D eigenvalue weighted by Gasteiger charge is -2.08. The van der Waals surface area contributed by atoms with Crippen molar-refractivity contribution in [3.63, 3.8) is 0 Å². The summed E-state index contributed by atoms with van der Waals surface area (Å²) in [5.41, 5.74) is 8.78. The van der Waals surface area contributed by atoms with Gasteiger partial charge in [0.25, 0.3) is 0 Å². The maximum atomic E-state index is 6.06. The fraction of sp³-hybridized carbons (Fsp3) is 0.167. The van der Waals surface area contributed by atoms with E-state index in [2.05, 4.69) is 9.97 Å². The van der Waals surface area contributed by atoms with Crippen LogP contribution in [0.15, 0.2) is 24.5 Å². The van der Waals surface area contributed by atoms with Gasteiger partial charge in [-0.05, 0) is 25.1 Å². The van der Waals surface area contributed by atoms with Crippen LogP contribution in [0.5, 0.6) is 5.75 Å². The number of halogens is 1. The van der Waals surface area contributed by atoms with Crippen LogP contribution in [0.4, 0.5) is 5.69 Å². The molecule has 4 nitrogen and oxygen atoms in total. The van der Waals surface area contributed by atoms with Crippen molar-refractivity contribution in [2.24, 2.45) is 0 Å². The lowest BCUT2D eigenvalue weighted by molar-refractivity contribution is 0.415. The first-order valence-electron chi connectivity index (χ1n) is 5.04. The van der Waals surface area contributed by atoms with Gasteiger partial charge in [-0.1, -0.05) is 11.6 Å². The van der Waals surface area contributed by atoms with E-state index >= 15 is 0 Å². The number of nitrogens with two attached hydrogens (primary N) is 1. The Kier molecular flexibility index (Phi) is 3.15. The Balaban J connectivity index is 2.54. The smallest absolute Gasteiger partial charge is 0.137 e. The standard InChI is InChI=1S/C12H12ClN3O/c1-7-11(14)12(16-6-15-7)8-3-4-10(17-2)9(13)5-8/h3-6H,14H2,1-2H3. The maximum Gasteiger partial charge on any atom is 0.137 e. The second kappa shape index (κ2) is 4.59. The number of benzene rings is 1. The third kappa shape index (κ3) is 2.17. The van der Waals surface area contributed by atoms with Gasteiger partial charge < -0.3 is 10.5 Å². The average Bonchev–Trinajstić information content (AvgIpc) is 2.32. The highest BCUT2D eigenvalue weighted by molar-refractivity contribution is 6.32. The number of aromatic nitrogens is 2. The molecule has 0 bridgehead atoms. The lowest BCUT2D eigenvalue weighted by atomic mass is 10.1. The molecule has 0 saturated heterocycles. The van der Waals surface area contributed by atoms with E-state index in [1.54, 1.807) is 19.2 Å². The molecule has 2 N–H and O–H groups in total. The predicted molar refractivity (Wildman–Crippen MR) is 68.2 cm³/mol. The Morgan fingerprint density at radius 3 is 2.71 bits per heavy atom. The molecule has 17 heavy (non-hydrogen) atoms. The van der Waals surface area contributed by atoms with E-state index < -0.39 is 0 Å². The zero-order valence-corrected chi connectivity index (χ0v) is 10.3. The summed E-state index contributed by atoms with van der Waals surface area (Å²) in [6, 6.07) is 5.43. The van der Waals surface area contributed by atoms with Gasteiger partial charge in [-0.25, -0.2) is 9.97 Å².